The smallest absolute Gasteiger partial charge is 0.274 e. The third-order valence-electron chi connectivity index (χ3n) is 7.37. The SMILES string of the molecule is COc1ccc(-c2c3oc4cc(=O)ccc4c3[nH]c3c2c(=O)[nH]n3C2CCCC2)c2ccccc12. The molecule has 0 amide bonds. The molecule has 7 nitrogen and oxygen atoms in total. The van der Waals surface area contributed by atoms with Gasteiger partial charge in [0.05, 0.1) is 24.1 Å². The van der Waals surface area contributed by atoms with Gasteiger partial charge in [0.1, 0.15) is 17.0 Å². The van der Waals surface area contributed by atoms with Gasteiger partial charge in [-0.15, -0.1) is 0 Å². The molecule has 3 aromatic heterocycles. The molecule has 0 unspecified atom stereocenters. The van der Waals surface area contributed by atoms with Crippen molar-refractivity contribution in [3.8, 4) is 16.9 Å². The molecule has 1 fully saturated rings. The van der Waals surface area contributed by atoms with E-state index in [2.05, 4.69) is 10.1 Å². The van der Waals surface area contributed by atoms with Crippen LogP contribution in [-0.4, -0.2) is 21.9 Å². The highest BCUT2D eigenvalue weighted by Gasteiger charge is 2.26. The van der Waals surface area contributed by atoms with Crippen LogP contribution >= 0.6 is 0 Å². The van der Waals surface area contributed by atoms with Crippen molar-refractivity contribution >= 4 is 43.9 Å². The van der Waals surface area contributed by atoms with Gasteiger partial charge in [0, 0.05) is 22.4 Å². The van der Waals surface area contributed by atoms with Gasteiger partial charge in [0.15, 0.2) is 11.0 Å². The fraction of sp³-hybridized carbons (Fsp3) is 0.214. The maximum Gasteiger partial charge on any atom is 0.274 e. The maximum atomic E-state index is 13.5. The van der Waals surface area contributed by atoms with E-state index in [0.29, 0.717) is 22.1 Å². The Morgan fingerprint density at radius 3 is 2.57 bits per heavy atom. The van der Waals surface area contributed by atoms with Crippen LogP contribution in [0.2, 0.25) is 0 Å². The Balaban J connectivity index is 1.69. The van der Waals surface area contributed by atoms with Crippen LogP contribution in [0.15, 0.2) is 68.6 Å². The third kappa shape index (κ3) is 2.84. The molecule has 1 aliphatic carbocycles. The first-order chi connectivity index (χ1) is 17.1. The lowest BCUT2D eigenvalue weighted by atomic mass is 9.95. The van der Waals surface area contributed by atoms with Gasteiger partial charge in [0.25, 0.3) is 5.56 Å². The minimum absolute atomic E-state index is 0.120. The Labute approximate surface area is 198 Å². The second-order valence-electron chi connectivity index (χ2n) is 9.30. The highest BCUT2D eigenvalue weighted by Crippen LogP contribution is 2.43. The summed E-state index contributed by atoms with van der Waals surface area (Å²) in [6.07, 6.45) is 4.34. The summed E-state index contributed by atoms with van der Waals surface area (Å²) in [5.74, 6) is 0.761. The standard InChI is InChI=1S/C28H23N3O4/c1-34-21-13-12-19(17-8-4-5-9-18(17)21)23-24-27(31(30-28(24)33)15-6-2-3-7-15)29-25-20-11-10-16(32)14-22(20)35-26(23)25/h4-5,8-15,29H,2-3,6-7H2,1H3,(H,30,33). The molecule has 0 aliphatic heterocycles. The number of H-pyrrole nitrogens is 2. The molecule has 0 atom stereocenters. The first-order valence-electron chi connectivity index (χ1n) is 11.9. The zero-order valence-electron chi connectivity index (χ0n) is 19.2. The predicted octanol–water partition coefficient (Wildman–Crippen LogP) is 5.86. The van der Waals surface area contributed by atoms with Crippen molar-refractivity contribution in [1.82, 2.24) is 14.8 Å². The number of pyridine rings is 1. The van der Waals surface area contributed by atoms with E-state index < -0.39 is 0 Å². The zero-order chi connectivity index (χ0) is 23.7. The summed E-state index contributed by atoms with van der Waals surface area (Å²) in [6.45, 7) is 0. The molecule has 0 spiro atoms. The molecule has 6 aromatic rings. The molecular weight excluding hydrogens is 442 g/mol. The summed E-state index contributed by atoms with van der Waals surface area (Å²) in [5.41, 5.74) is 3.89. The van der Waals surface area contributed by atoms with Crippen molar-refractivity contribution in [3.05, 3.63) is 75.2 Å². The molecule has 7 heteroatoms. The molecular formula is C28H23N3O4. The normalized spacial score (nSPS) is 14.7. The molecule has 0 saturated heterocycles. The number of nitrogens with one attached hydrogen (secondary N) is 2. The monoisotopic (exact) mass is 465 g/mol. The van der Waals surface area contributed by atoms with Gasteiger partial charge in [-0.3, -0.25) is 19.4 Å². The second-order valence-corrected chi connectivity index (χ2v) is 9.30. The van der Waals surface area contributed by atoms with Crippen molar-refractivity contribution < 1.29 is 9.15 Å². The Hall–Kier alpha value is -4.26. The minimum Gasteiger partial charge on any atom is -0.496 e. The summed E-state index contributed by atoms with van der Waals surface area (Å²) >= 11 is 0. The van der Waals surface area contributed by atoms with Crippen LogP contribution in [-0.2, 0) is 0 Å². The number of nitrogens with zero attached hydrogens (tertiary/aromatic N) is 1. The Kier molecular flexibility index (Phi) is 4.24. The molecule has 35 heavy (non-hydrogen) atoms. The lowest BCUT2D eigenvalue weighted by Crippen LogP contribution is -2.10. The number of methoxy groups -OCH3 is 1. The van der Waals surface area contributed by atoms with Gasteiger partial charge in [-0.1, -0.05) is 37.1 Å². The molecule has 3 heterocycles. The highest BCUT2D eigenvalue weighted by molar-refractivity contribution is 6.17. The van der Waals surface area contributed by atoms with Gasteiger partial charge in [-0.05, 0) is 48.1 Å². The molecule has 3 aromatic carbocycles. The fourth-order valence-corrected chi connectivity index (χ4v) is 5.77. The van der Waals surface area contributed by atoms with Crippen LogP contribution in [0, 0.1) is 0 Å². The van der Waals surface area contributed by atoms with Gasteiger partial charge >= 0.3 is 0 Å². The van der Waals surface area contributed by atoms with Gasteiger partial charge in [0.2, 0.25) is 0 Å². The summed E-state index contributed by atoms with van der Waals surface area (Å²) in [7, 11) is 1.65. The van der Waals surface area contributed by atoms with Gasteiger partial charge in [-0.2, -0.15) is 0 Å². The maximum absolute atomic E-state index is 13.5. The van der Waals surface area contributed by atoms with E-state index in [-0.39, 0.29) is 17.0 Å². The minimum atomic E-state index is -0.162. The van der Waals surface area contributed by atoms with Gasteiger partial charge in [-0.25, -0.2) is 0 Å². The number of rotatable bonds is 3. The van der Waals surface area contributed by atoms with E-state index in [4.69, 9.17) is 9.15 Å². The summed E-state index contributed by atoms with van der Waals surface area (Å²) in [4.78, 5) is 29.1. The number of fused-ring (bicyclic) bond motifs is 5. The number of aromatic nitrogens is 3. The van der Waals surface area contributed by atoms with Crippen LogP contribution in [0.4, 0.5) is 0 Å². The lowest BCUT2D eigenvalue weighted by Gasteiger charge is -2.14. The van der Waals surface area contributed by atoms with E-state index in [9.17, 15) is 9.59 Å². The molecule has 1 saturated carbocycles. The van der Waals surface area contributed by atoms with Crippen molar-refractivity contribution in [2.45, 2.75) is 31.7 Å². The molecule has 0 bridgehead atoms. The van der Waals surface area contributed by atoms with Crippen LogP contribution < -0.4 is 15.7 Å². The number of aromatic amines is 2. The Morgan fingerprint density at radius 2 is 1.77 bits per heavy atom. The lowest BCUT2D eigenvalue weighted by molar-refractivity contribution is 0.420. The van der Waals surface area contributed by atoms with Crippen molar-refractivity contribution in [1.29, 1.82) is 0 Å². The van der Waals surface area contributed by atoms with Gasteiger partial charge < -0.3 is 14.1 Å². The highest BCUT2D eigenvalue weighted by atomic mass is 16.5. The third-order valence-corrected chi connectivity index (χ3v) is 7.37. The largest absolute Gasteiger partial charge is 0.496 e. The quantitative estimate of drug-likeness (QED) is 0.342. The van der Waals surface area contributed by atoms with Crippen LogP contribution in [0.5, 0.6) is 5.75 Å². The summed E-state index contributed by atoms with van der Waals surface area (Å²) in [5, 5.41) is 6.39. The van der Waals surface area contributed by atoms with Crippen LogP contribution in [0.1, 0.15) is 31.7 Å². The van der Waals surface area contributed by atoms with Crippen LogP contribution in [0.3, 0.4) is 0 Å². The average Bonchev–Trinajstić information content (AvgIpc) is 3.60. The van der Waals surface area contributed by atoms with E-state index in [0.717, 1.165) is 64.3 Å². The Morgan fingerprint density at radius 1 is 0.971 bits per heavy atom. The van der Waals surface area contributed by atoms with E-state index in [1.54, 1.807) is 19.2 Å². The molecule has 174 valence electrons. The van der Waals surface area contributed by atoms with Crippen molar-refractivity contribution in [2.24, 2.45) is 0 Å². The zero-order valence-corrected chi connectivity index (χ0v) is 19.2. The van der Waals surface area contributed by atoms with Crippen molar-refractivity contribution in [2.75, 3.05) is 7.11 Å². The fourth-order valence-electron chi connectivity index (χ4n) is 5.77. The number of ether oxygens (including phenoxy) is 1. The molecule has 7 rings (SSSR count). The molecule has 2 N–H and O–H groups in total. The number of furan rings is 1. The average molecular weight is 466 g/mol. The first-order valence-corrected chi connectivity index (χ1v) is 11.9. The van der Waals surface area contributed by atoms with Crippen molar-refractivity contribution in [3.63, 3.8) is 0 Å². The Bertz CT molecular complexity index is 1900. The number of benzene rings is 3. The summed E-state index contributed by atoms with van der Waals surface area (Å²) in [6, 6.07) is 17.0. The predicted molar refractivity (Wildman–Crippen MR) is 137 cm³/mol. The first kappa shape index (κ1) is 20.1. The van der Waals surface area contributed by atoms with E-state index in [1.165, 1.54) is 6.07 Å². The second kappa shape index (κ2) is 7.37. The number of hydrogen-bond acceptors (Lipinski definition) is 4. The van der Waals surface area contributed by atoms with Crippen LogP contribution in [0.25, 0.3) is 55.0 Å². The number of hydrogen-bond donors (Lipinski definition) is 2. The van der Waals surface area contributed by atoms with E-state index in [1.807, 2.05) is 41.1 Å². The van der Waals surface area contributed by atoms with E-state index >= 15 is 0 Å². The summed E-state index contributed by atoms with van der Waals surface area (Å²) < 4.78 is 13.9. The topological polar surface area (TPSA) is 93.0 Å². The molecule has 0 radical (unpaired) electrons. The molecule has 1 aliphatic rings.